The molecule has 2 N–H and O–H groups in total. The molecule has 0 saturated heterocycles. The molecule has 0 bridgehead atoms. The normalized spacial score (nSPS) is 12.1. The van der Waals surface area contributed by atoms with Crippen molar-refractivity contribution in [3.63, 3.8) is 0 Å². The summed E-state index contributed by atoms with van der Waals surface area (Å²) in [7, 11) is 0. The first-order valence-electron chi connectivity index (χ1n) is 6.69. The Balaban J connectivity index is 1.60. The topological polar surface area (TPSA) is 50.7 Å². The fourth-order valence-electron chi connectivity index (χ4n) is 1.67. The summed E-state index contributed by atoms with van der Waals surface area (Å²) in [6.45, 7) is 0.971. The minimum atomic E-state index is -0.639. The van der Waals surface area contributed by atoms with Crippen molar-refractivity contribution < 1.29 is 14.7 Å². The van der Waals surface area contributed by atoms with Crippen LogP contribution in [-0.4, -0.2) is 24.4 Å². The number of nitrogens with one attached hydrogen (secondary N) is 1. The molecule has 0 aliphatic rings. The van der Waals surface area contributed by atoms with Crippen LogP contribution < -0.4 is 10.2 Å². The minimum absolute atomic E-state index is 0.206. The number of hydrogen-bond donors (Lipinski definition) is 2. The first-order valence-corrected chi connectivity index (χ1v) is 7.48. The summed E-state index contributed by atoms with van der Waals surface area (Å²) in [5, 5.41) is 9.80. The molecule has 2 aromatic carbocycles. The van der Waals surface area contributed by atoms with Crippen molar-refractivity contribution in [3.8, 4) is 5.75 Å². The fourth-order valence-corrected chi connectivity index (χ4v) is 2.05. The second-order valence-electron chi connectivity index (χ2n) is 4.54. The molecule has 21 heavy (non-hydrogen) atoms. The zero-order chi connectivity index (χ0) is 14.9. The van der Waals surface area contributed by atoms with Crippen LogP contribution in [0.25, 0.3) is 0 Å². The fraction of sp³-hybridized carbons (Fsp3) is 0.250. The van der Waals surface area contributed by atoms with Gasteiger partial charge in [0, 0.05) is 4.47 Å². The first kappa shape index (κ1) is 16.0. The zero-order valence-corrected chi connectivity index (χ0v) is 13.1. The zero-order valence-electron chi connectivity index (χ0n) is 11.5. The molecule has 112 valence electrons. The number of rotatable bonds is 8. The van der Waals surface area contributed by atoms with Crippen molar-refractivity contribution in [3.05, 3.63) is 64.6 Å². The molecule has 0 aliphatic carbocycles. The summed E-state index contributed by atoms with van der Waals surface area (Å²) in [6, 6.07) is 17.3. The van der Waals surface area contributed by atoms with E-state index in [0.717, 1.165) is 10.0 Å². The maximum absolute atomic E-state index is 9.80. The summed E-state index contributed by atoms with van der Waals surface area (Å²) in [5.74, 6) is 0.716. The van der Waals surface area contributed by atoms with Gasteiger partial charge >= 0.3 is 0 Å². The molecule has 0 saturated carbocycles. The van der Waals surface area contributed by atoms with Crippen LogP contribution in [0.2, 0.25) is 0 Å². The van der Waals surface area contributed by atoms with Gasteiger partial charge in [0.1, 0.15) is 18.5 Å². The molecule has 2 aromatic rings. The van der Waals surface area contributed by atoms with Gasteiger partial charge in [-0.3, -0.25) is 4.84 Å². The maximum Gasteiger partial charge on any atom is 0.120 e. The van der Waals surface area contributed by atoms with E-state index in [0.29, 0.717) is 18.9 Å². The van der Waals surface area contributed by atoms with Crippen LogP contribution >= 0.6 is 15.9 Å². The quantitative estimate of drug-likeness (QED) is 0.567. The van der Waals surface area contributed by atoms with Crippen LogP contribution in [0.5, 0.6) is 5.75 Å². The summed E-state index contributed by atoms with van der Waals surface area (Å²) in [4.78, 5) is 5.29. The first-order chi connectivity index (χ1) is 10.2. The SMILES string of the molecule is OC(CNOCc1ccccc1)COc1cccc(Br)c1. The Hall–Kier alpha value is -1.40. The van der Waals surface area contributed by atoms with Gasteiger partial charge in [0.25, 0.3) is 0 Å². The van der Waals surface area contributed by atoms with E-state index in [1.54, 1.807) is 0 Å². The smallest absolute Gasteiger partial charge is 0.120 e. The Morgan fingerprint density at radius 3 is 2.67 bits per heavy atom. The van der Waals surface area contributed by atoms with Gasteiger partial charge in [-0.25, -0.2) is 0 Å². The number of aliphatic hydroxyl groups excluding tert-OH is 1. The summed E-state index contributed by atoms with van der Waals surface area (Å²) < 4.78 is 6.43. The lowest BCUT2D eigenvalue weighted by atomic mass is 10.2. The van der Waals surface area contributed by atoms with E-state index in [2.05, 4.69) is 21.4 Å². The predicted molar refractivity (Wildman–Crippen MR) is 84.9 cm³/mol. The number of hydroxylamine groups is 1. The van der Waals surface area contributed by atoms with Crippen LogP contribution in [-0.2, 0) is 11.4 Å². The molecular weight excluding hydrogens is 334 g/mol. The Kier molecular flexibility index (Phi) is 6.69. The second kappa shape index (κ2) is 8.79. The van der Waals surface area contributed by atoms with Crippen LogP contribution in [0.3, 0.4) is 0 Å². The van der Waals surface area contributed by atoms with E-state index in [4.69, 9.17) is 9.57 Å². The maximum atomic E-state index is 9.80. The molecule has 0 amide bonds. The van der Waals surface area contributed by atoms with Gasteiger partial charge in [-0.15, -0.1) is 0 Å². The molecule has 4 nitrogen and oxygen atoms in total. The molecule has 0 fully saturated rings. The number of ether oxygens (including phenoxy) is 1. The van der Waals surface area contributed by atoms with E-state index in [1.165, 1.54) is 0 Å². The van der Waals surface area contributed by atoms with Crippen LogP contribution in [0.15, 0.2) is 59.1 Å². The third-order valence-corrected chi connectivity index (χ3v) is 3.23. The van der Waals surface area contributed by atoms with Gasteiger partial charge < -0.3 is 9.84 Å². The third-order valence-electron chi connectivity index (χ3n) is 2.74. The van der Waals surface area contributed by atoms with Gasteiger partial charge in [0.05, 0.1) is 13.2 Å². The third kappa shape index (κ3) is 6.27. The van der Waals surface area contributed by atoms with Crippen LogP contribution in [0, 0.1) is 0 Å². The van der Waals surface area contributed by atoms with Gasteiger partial charge in [0.15, 0.2) is 0 Å². The molecule has 0 radical (unpaired) electrons. The lowest BCUT2D eigenvalue weighted by Gasteiger charge is -2.13. The predicted octanol–water partition coefficient (Wildman–Crippen LogP) is 2.91. The molecule has 1 unspecified atom stereocenters. The average molecular weight is 352 g/mol. The van der Waals surface area contributed by atoms with Gasteiger partial charge in [-0.05, 0) is 23.8 Å². The number of aliphatic hydroxyl groups is 1. The Bertz CT molecular complexity index is 536. The highest BCUT2D eigenvalue weighted by atomic mass is 79.9. The second-order valence-corrected chi connectivity index (χ2v) is 5.46. The van der Waals surface area contributed by atoms with Crippen molar-refractivity contribution in [2.45, 2.75) is 12.7 Å². The van der Waals surface area contributed by atoms with E-state index in [1.807, 2.05) is 54.6 Å². The summed E-state index contributed by atoms with van der Waals surface area (Å²) >= 11 is 3.37. The molecule has 2 rings (SSSR count). The van der Waals surface area contributed by atoms with Crippen molar-refractivity contribution in [2.75, 3.05) is 13.2 Å². The standard InChI is InChI=1S/C16H18BrNO3/c17-14-7-4-8-16(9-14)20-12-15(19)10-18-21-11-13-5-2-1-3-6-13/h1-9,15,18-19H,10-12H2. The lowest BCUT2D eigenvalue weighted by Crippen LogP contribution is -2.31. The average Bonchev–Trinajstić information content (AvgIpc) is 2.51. The molecule has 0 aromatic heterocycles. The van der Waals surface area contributed by atoms with E-state index < -0.39 is 6.10 Å². The number of halogens is 1. The Morgan fingerprint density at radius 2 is 1.90 bits per heavy atom. The van der Waals surface area contributed by atoms with Crippen molar-refractivity contribution in [1.29, 1.82) is 0 Å². The van der Waals surface area contributed by atoms with E-state index in [9.17, 15) is 5.11 Å². The molecule has 0 aliphatic heterocycles. The van der Waals surface area contributed by atoms with Crippen LogP contribution in [0.1, 0.15) is 5.56 Å². The molecule has 5 heteroatoms. The number of benzene rings is 2. The highest BCUT2D eigenvalue weighted by Gasteiger charge is 2.05. The van der Waals surface area contributed by atoms with E-state index >= 15 is 0 Å². The van der Waals surface area contributed by atoms with E-state index in [-0.39, 0.29) is 6.61 Å². The molecular formula is C16H18BrNO3. The minimum Gasteiger partial charge on any atom is -0.491 e. The number of hydrogen-bond acceptors (Lipinski definition) is 4. The highest BCUT2D eigenvalue weighted by molar-refractivity contribution is 9.10. The molecule has 0 heterocycles. The van der Waals surface area contributed by atoms with Crippen LogP contribution in [0.4, 0.5) is 0 Å². The monoisotopic (exact) mass is 351 g/mol. The van der Waals surface area contributed by atoms with Crippen molar-refractivity contribution in [2.24, 2.45) is 0 Å². The van der Waals surface area contributed by atoms with Crippen molar-refractivity contribution >= 4 is 15.9 Å². The van der Waals surface area contributed by atoms with Crippen molar-refractivity contribution in [1.82, 2.24) is 5.48 Å². The summed E-state index contributed by atoms with van der Waals surface area (Å²) in [6.07, 6.45) is -0.639. The molecule has 1 atom stereocenters. The Labute approximate surface area is 132 Å². The van der Waals surface area contributed by atoms with Gasteiger partial charge in [-0.1, -0.05) is 52.3 Å². The Morgan fingerprint density at radius 1 is 1.10 bits per heavy atom. The largest absolute Gasteiger partial charge is 0.491 e. The molecule has 0 spiro atoms. The lowest BCUT2D eigenvalue weighted by molar-refractivity contribution is -0.00596. The van der Waals surface area contributed by atoms with Gasteiger partial charge in [0.2, 0.25) is 0 Å². The van der Waals surface area contributed by atoms with Gasteiger partial charge in [-0.2, -0.15) is 5.48 Å². The highest BCUT2D eigenvalue weighted by Crippen LogP contribution is 2.17. The summed E-state index contributed by atoms with van der Waals surface area (Å²) in [5.41, 5.74) is 3.82.